The van der Waals surface area contributed by atoms with Crippen molar-refractivity contribution in [1.82, 2.24) is 0 Å². The SMILES string of the molecule is CCCOc1cccc(NC2CC(C)OC(C)C2)c1. The van der Waals surface area contributed by atoms with E-state index in [1.54, 1.807) is 0 Å². The van der Waals surface area contributed by atoms with E-state index in [9.17, 15) is 0 Å². The Kier molecular flexibility index (Phi) is 5.08. The first-order valence-corrected chi connectivity index (χ1v) is 7.32. The van der Waals surface area contributed by atoms with Crippen molar-refractivity contribution in [3.8, 4) is 5.75 Å². The zero-order valence-electron chi connectivity index (χ0n) is 12.2. The first-order valence-electron chi connectivity index (χ1n) is 7.32. The van der Waals surface area contributed by atoms with Gasteiger partial charge in [0.1, 0.15) is 5.75 Å². The van der Waals surface area contributed by atoms with E-state index in [0.717, 1.165) is 37.3 Å². The van der Waals surface area contributed by atoms with Crippen LogP contribution in [0.3, 0.4) is 0 Å². The van der Waals surface area contributed by atoms with Gasteiger partial charge in [0, 0.05) is 17.8 Å². The van der Waals surface area contributed by atoms with E-state index in [1.165, 1.54) is 0 Å². The van der Waals surface area contributed by atoms with Gasteiger partial charge < -0.3 is 14.8 Å². The third-order valence-corrected chi connectivity index (χ3v) is 3.38. The van der Waals surface area contributed by atoms with Gasteiger partial charge in [-0.25, -0.2) is 0 Å². The topological polar surface area (TPSA) is 30.5 Å². The van der Waals surface area contributed by atoms with E-state index in [2.05, 4.69) is 38.2 Å². The first-order chi connectivity index (χ1) is 9.17. The molecule has 1 heterocycles. The molecule has 106 valence electrons. The second kappa shape index (κ2) is 6.80. The molecule has 0 amide bonds. The molecule has 1 fully saturated rings. The zero-order chi connectivity index (χ0) is 13.7. The van der Waals surface area contributed by atoms with Gasteiger partial charge in [-0.1, -0.05) is 13.0 Å². The molecule has 2 unspecified atom stereocenters. The monoisotopic (exact) mass is 263 g/mol. The summed E-state index contributed by atoms with van der Waals surface area (Å²) in [6, 6.07) is 8.72. The van der Waals surface area contributed by atoms with E-state index < -0.39 is 0 Å². The molecule has 1 aromatic carbocycles. The van der Waals surface area contributed by atoms with Crippen LogP contribution in [-0.2, 0) is 4.74 Å². The molecule has 3 heteroatoms. The Balaban J connectivity index is 1.94. The van der Waals surface area contributed by atoms with Crippen LogP contribution in [0, 0.1) is 0 Å². The standard InChI is InChI=1S/C16H25NO2/c1-4-8-18-16-7-5-6-14(11-16)17-15-9-12(2)19-13(3)10-15/h5-7,11-13,15,17H,4,8-10H2,1-3H3. The maximum Gasteiger partial charge on any atom is 0.121 e. The lowest BCUT2D eigenvalue weighted by molar-refractivity contribution is -0.0337. The molecule has 0 radical (unpaired) electrons. The van der Waals surface area contributed by atoms with E-state index >= 15 is 0 Å². The normalized spacial score (nSPS) is 27.0. The van der Waals surface area contributed by atoms with Crippen molar-refractivity contribution >= 4 is 5.69 Å². The fourth-order valence-corrected chi connectivity index (χ4v) is 2.65. The second-order valence-electron chi connectivity index (χ2n) is 5.45. The van der Waals surface area contributed by atoms with E-state index in [-0.39, 0.29) is 0 Å². The van der Waals surface area contributed by atoms with Crippen LogP contribution in [0.15, 0.2) is 24.3 Å². The van der Waals surface area contributed by atoms with E-state index in [1.807, 2.05) is 12.1 Å². The minimum atomic E-state index is 0.334. The van der Waals surface area contributed by atoms with Gasteiger partial charge in [-0.2, -0.15) is 0 Å². The number of rotatable bonds is 5. The third kappa shape index (κ3) is 4.43. The van der Waals surface area contributed by atoms with Crippen LogP contribution in [0.2, 0.25) is 0 Å². The number of hydrogen-bond donors (Lipinski definition) is 1. The highest BCUT2D eigenvalue weighted by Gasteiger charge is 2.24. The Labute approximate surface area is 116 Å². The van der Waals surface area contributed by atoms with Crippen LogP contribution < -0.4 is 10.1 Å². The molecule has 2 rings (SSSR count). The zero-order valence-corrected chi connectivity index (χ0v) is 12.2. The van der Waals surface area contributed by atoms with Crippen LogP contribution in [-0.4, -0.2) is 24.9 Å². The van der Waals surface area contributed by atoms with Crippen LogP contribution in [0.1, 0.15) is 40.0 Å². The maximum atomic E-state index is 5.77. The summed E-state index contributed by atoms with van der Waals surface area (Å²) >= 11 is 0. The highest BCUT2D eigenvalue weighted by Crippen LogP contribution is 2.24. The molecule has 3 nitrogen and oxygen atoms in total. The molecular weight excluding hydrogens is 238 g/mol. The minimum Gasteiger partial charge on any atom is -0.494 e. The van der Waals surface area contributed by atoms with Gasteiger partial charge in [0.05, 0.1) is 18.8 Å². The van der Waals surface area contributed by atoms with Gasteiger partial charge in [-0.3, -0.25) is 0 Å². The molecule has 1 aromatic rings. The van der Waals surface area contributed by atoms with E-state index in [0.29, 0.717) is 18.2 Å². The molecule has 1 aliphatic rings. The summed E-state index contributed by atoms with van der Waals surface area (Å²) in [5.41, 5.74) is 1.14. The number of ether oxygens (including phenoxy) is 2. The Bertz CT molecular complexity index is 384. The Morgan fingerprint density at radius 1 is 1.26 bits per heavy atom. The van der Waals surface area contributed by atoms with Gasteiger partial charge >= 0.3 is 0 Å². The van der Waals surface area contributed by atoms with Crippen molar-refractivity contribution in [3.05, 3.63) is 24.3 Å². The van der Waals surface area contributed by atoms with Gasteiger partial charge in [0.2, 0.25) is 0 Å². The molecule has 1 aliphatic heterocycles. The van der Waals surface area contributed by atoms with Crippen molar-refractivity contribution in [2.45, 2.75) is 58.3 Å². The molecule has 0 aromatic heterocycles. The van der Waals surface area contributed by atoms with Gasteiger partial charge in [0.25, 0.3) is 0 Å². The van der Waals surface area contributed by atoms with Gasteiger partial charge in [0.15, 0.2) is 0 Å². The quantitative estimate of drug-likeness (QED) is 0.875. The fraction of sp³-hybridized carbons (Fsp3) is 0.625. The summed E-state index contributed by atoms with van der Waals surface area (Å²) in [6.07, 6.45) is 3.82. The average Bonchev–Trinajstić information content (AvgIpc) is 2.35. The van der Waals surface area contributed by atoms with Crippen molar-refractivity contribution in [2.24, 2.45) is 0 Å². The summed E-state index contributed by atoms with van der Waals surface area (Å²) < 4.78 is 11.4. The third-order valence-electron chi connectivity index (χ3n) is 3.38. The van der Waals surface area contributed by atoms with Crippen LogP contribution in [0.5, 0.6) is 5.75 Å². The van der Waals surface area contributed by atoms with Crippen molar-refractivity contribution in [2.75, 3.05) is 11.9 Å². The molecule has 0 bridgehead atoms. The number of nitrogens with one attached hydrogen (secondary N) is 1. The Hall–Kier alpha value is -1.22. The Morgan fingerprint density at radius 3 is 2.68 bits per heavy atom. The lowest BCUT2D eigenvalue weighted by atomic mass is 9.99. The fourth-order valence-electron chi connectivity index (χ4n) is 2.65. The molecule has 19 heavy (non-hydrogen) atoms. The average molecular weight is 263 g/mol. The van der Waals surface area contributed by atoms with Crippen molar-refractivity contribution in [3.63, 3.8) is 0 Å². The second-order valence-corrected chi connectivity index (χ2v) is 5.45. The summed E-state index contributed by atoms with van der Waals surface area (Å²) in [4.78, 5) is 0. The molecule has 0 spiro atoms. The molecule has 1 saturated heterocycles. The molecule has 2 atom stereocenters. The number of hydrogen-bond acceptors (Lipinski definition) is 3. The van der Waals surface area contributed by atoms with Crippen molar-refractivity contribution < 1.29 is 9.47 Å². The lowest BCUT2D eigenvalue weighted by Gasteiger charge is -2.33. The first kappa shape index (κ1) is 14.2. The molecular formula is C16H25NO2. The van der Waals surface area contributed by atoms with Crippen LogP contribution >= 0.6 is 0 Å². The summed E-state index contributed by atoms with van der Waals surface area (Å²) in [7, 11) is 0. The van der Waals surface area contributed by atoms with Crippen LogP contribution in [0.25, 0.3) is 0 Å². The highest BCUT2D eigenvalue weighted by atomic mass is 16.5. The van der Waals surface area contributed by atoms with Crippen molar-refractivity contribution in [1.29, 1.82) is 0 Å². The Morgan fingerprint density at radius 2 is 2.00 bits per heavy atom. The molecule has 0 saturated carbocycles. The minimum absolute atomic E-state index is 0.334. The lowest BCUT2D eigenvalue weighted by Crippen LogP contribution is -2.36. The van der Waals surface area contributed by atoms with Gasteiger partial charge in [-0.05, 0) is 45.2 Å². The summed E-state index contributed by atoms with van der Waals surface area (Å²) in [6.45, 7) is 7.18. The number of anilines is 1. The number of benzene rings is 1. The predicted molar refractivity (Wildman–Crippen MR) is 78.9 cm³/mol. The van der Waals surface area contributed by atoms with Gasteiger partial charge in [-0.15, -0.1) is 0 Å². The van der Waals surface area contributed by atoms with Crippen LogP contribution in [0.4, 0.5) is 5.69 Å². The summed E-state index contributed by atoms with van der Waals surface area (Å²) in [5.74, 6) is 0.944. The maximum absolute atomic E-state index is 5.77. The predicted octanol–water partition coefficient (Wildman–Crippen LogP) is 3.84. The molecule has 1 N–H and O–H groups in total. The highest BCUT2D eigenvalue weighted by molar-refractivity contribution is 5.49. The van der Waals surface area contributed by atoms with E-state index in [4.69, 9.17) is 9.47 Å². The smallest absolute Gasteiger partial charge is 0.121 e. The molecule has 0 aliphatic carbocycles. The summed E-state index contributed by atoms with van der Waals surface area (Å²) in [5, 5.41) is 3.60. The largest absolute Gasteiger partial charge is 0.494 e.